The standard InChI is InChI=1S/C34H55N3O3/c1-29(2)25-8-11-34(7)27(32(25,5)10-9-26(29)39)24(38)20-22-23-21-31(4,28(40)37-19-18-36-17-16-35)13-12-30(23,3)14-15-33(22,34)6/h20,23,25,27,36H,8-19,21,35H2,1-7H3,(H,37,40)/t23-,25-,27+,30+,31-,32-,33+,34+/m0/s1. The van der Waals surface area contributed by atoms with Crippen molar-refractivity contribution in [3.8, 4) is 0 Å². The lowest BCUT2D eigenvalue weighted by molar-refractivity contribution is -0.187. The second-order valence-electron chi connectivity index (χ2n) is 16.2. The lowest BCUT2D eigenvalue weighted by Gasteiger charge is -2.70. The maximum atomic E-state index is 14.4. The molecule has 0 heterocycles. The fourth-order valence-corrected chi connectivity index (χ4v) is 10.9. The first-order valence-corrected chi connectivity index (χ1v) is 16.1. The summed E-state index contributed by atoms with van der Waals surface area (Å²) in [6.45, 7) is 18.7. The average molecular weight is 554 g/mol. The second kappa shape index (κ2) is 9.76. The van der Waals surface area contributed by atoms with Crippen molar-refractivity contribution in [2.24, 2.45) is 56.0 Å². The zero-order valence-electron chi connectivity index (χ0n) is 26.3. The van der Waals surface area contributed by atoms with E-state index in [0.29, 0.717) is 31.1 Å². The van der Waals surface area contributed by atoms with Crippen molar-refractivity contribution in [3.05, 3.63) is 11.6 Å². The van der Waals surface area contributed by atoms with Crippen LogP contribution in [0.15, 0.2) is 11.6 Å². The number of Topliss-reactive ketones (excluding diaryl/α,β-unsaturated/α-hetero) is 1. The van der Waals surface area contributed by atoms with Gasteiger partial charge in [-0.25, -0.2) is 0 Å². The summed E-state index contributed by atoms with van der Waals surface area (Å²) in [5.74, 6) is 1.24. The van der Waals surface area contributed by atoms with E-state index >= 15 is 0 Å². The zero-order valence-corrected chi connectivity index (χ0v) is 26.3. The number of rotatable bonds is 6. The zero-order chi connectivity index (χ0) is 29.4. The molecule has 5 rings (SSSR count). The van der Waals surface area contributed by atoms with Crippen molar-refractivity contribution in [2.45, 2.75) is 106 Å². The van der Waals surface area contributed by atoms with Crippen LogP contribution in [0.2, 0.25) is 0 Å². The van der Waals surface area contributed by atoms with Gasteiger partial charge >= 0.3 is 0 Å². The molecule has 8 atom stereocenters. The highest BCUT2D eigenvalue weighted by Gasteiger charge is 2.70. The van der Waals surface area contributed by atoms with Gasteiger partial charge in [0.05, 0.1) is 0 Å². The number of ketones is 2. The van der Waals surface area contributed by atoms with Gasteiger partial charge in [-0.05, 0) is 90.9 Å². The number of amides is 1. The fourth-order valence-electron chi connectivity index (χ4n) is 10.9. The minimum atomic E-state index is -0.435. The van der Waals surface area contributed by atoms with Gasteiger partial charge in [-0.3, -0.25) is 14.4 Å². The van der Waals surface area contributed by atoms with E-state index in [0.717, 1.165) is 64.5 Å². The molecule has 0 bridgehead atoms. The number of nitrogens with two attached hydrogens (primary N) is 1. The summed E-state index contributed by atoms with van der Waals surface area (Å²) in [7, 11) is 0. The van der Waals surface area contributed by atoms with Crippen molar-refractivity contribution in [2.75, 3.05) is 26.2 Å². The topological polar surface area (TPSA) is 101 Å². The predicted octanol–water partition coefficient (Wildman–Crippen LogP) is 5.20. The van der Waals surface area contributed by atoms with Gasteiger partial charge in [0, 0.05) is 49.3 Å². The van der Waals surface area contributed by atoms with Crippen LogP contribution in [0, 0.1) is 50.2 Å². The molecule has 0 spiro atoms. The molecule has 0 radical (unpaired) electrons. The van der Waals surface area contributed by atoms with Gasteiger partial charge in [0.25, 0.3) is 0 Å². The third kappa shape index (κ3) is 4.12. The molecule has 0 unspecified atom stereocenters. The molecule has 5 aliphatic carbocycles. The van der Waals surface area contributed by atoms with E-state index in [1.54, 1.807) is 0 Å². The van der Waals surface area contributed by atoms with E-state index in [4.69, 9.17) is 5.73 Å². The molecule has 5 aliphatic rings. The van der Waals surface area contributed by atoms with E-state index < -0.39 is 5.41 Å². The Labute approximate surface area is 242 Å². The molecule has 0 aromatic heterocycles. The minimum Gasteiger partial charge on any atom is -0.354 e. The predicted molar refractivity (Wildman–Crippen MR) is 159 cm³/mol. The Hall–Kier alpha value is -1.53. The van der Waals surface area contributed by atoms with Gasteiger partial charge in [0.1, 0.15) is 5.78 Å². The smallest absolute Gasteiger partial charge is 0.226 e. The molecule has 1 amide bonds. The summed E-state index contributed by atoms with van der Waals surface area (Å²) < 4.78 is 0. The Bertz CT molecular complexity index is 1110. The summed E-state index contributed by atoms with van der Waals surface area (Å²) in [4.78, 5) is 41.0. The summed E-state index contributed by atoms with van der Waals surface area (Å²) in [6.07, 6.45) is 10.5. The minimum absolute atomic E-state index is 0.0523. The van der Waals surface area contributed by atoms with Crippen LogP contribution in [0.4, 0.5) is 0 Å². The van der Waals surface area contributed by atoms with Crippen LogP contribution in [0.3, 0.4) is 0 Å². The molecule has 0 saturated heterocycles. The second-order valence-corrected chi connectivity index (χ2v) is 16.2. The van der Waals surface area contributed by atoms with Crippen molar-refractivity contribution >= 4 is 17.5 Å². The number of fused-ring (bicyclic) bond motifs is 7. The number of nitrogens with one attached hydrogen (secondary N) is 2. The van der Waals surface area contributed by atoms with Gasteiger partial charge in [0.2, 0.25) is 5.91 Å². The number of carbonyl (C=O) groups excluding carboxylic acids is 3. The van der Waals surface area contributed by atoms with Crippen LogP contribution in [-0.2, 0) is 14.4 Å². The SMILES string of the molecule is CC1(C)C(=O)CC[C@]2(C)[C@H]3C(=O)C=C4[C@@H]5C[C@@](C)(C(=O)NCCNCCN)CC[C@]5(C)CC[C@@]4(C)[C@]3(C)CC[C@@H]12. The van der Waals surface area contributed by atoms with Gasteiger partial charge in [0.15, 0.2) is 5.78 Å². The van der Waals surface area contributed by atoms with Gasteiger partial charge in [-0.2, -0.15) is 0 Å². The quantitative estimate of drug-likeness (QED) is 0.393. The third-order valence-electron chi connectivity index (χ3n) is 13.8. The fraction of sp³-hybridized carbons (Fsp3) is 0.853. The molecule has 40 heavy (non-hydrogen) atoms. The molecule has 0 aliphatic heterocycles. The highest BCUT2D eigenvalue weighted by atomic mass is 16.2. The molecule has 0 aromatic rings. The van der Waals surface area contributed by atoms with Crippen LogP contribution < -0.4 is 16.4 Å². The van der Waals surface area contributed by atoms with Crippen LogP contribution in [0.5, 0.6) is 0 Å². The number of hydrogen-bond donors (Lipinski definition) is 3. The summed E-state index contributed by atoms with van der Waals surface area (Å²) in [6, 6.07) is 0. The average Bonchev–Trinajstić information content (AvgIpc) is 2.88. The molecule has 6 heteroatoms. The summed E-state index contributed by atoms with van der Waals surface area (Å²) in [5, 5.41) is 6.45. The number of carbonyl (C=O) groups is 3. The van der Waals surface area contributed by atoms with E-state index in [9.17, 15) is 14.4 Å². The van der Waals surface area contributed by atoms with Gasteiger partial charge < -0.3 is 16.4 Å². The van der Waals surface area contributed by atoms with Crippen molar-refractivity contribution in [3.63, 3.8) is 0 Å². The number of allylic oxidation sites excluding steroid dienone is 2. The maximum Gasteiger partial charge on any atom is 0.226 e. The Morgan fingerprint density at radius 1 is 0.925 bits per heavy atom. The monoisotopic (exact) mass is 553 g/mol. The molecule has 4 saturated carbocycles. The Balaban J connectivity index is 1.47. The van der Waals surface area contributed by atoms with Gasteiger partial charge in [-0.1, -0.05) is 54.0 Å². The Kier molecular flexibility index (Phi) is 7.30. The Morgan fingerprint density at radius 3 is 2.33 bits per heavy atom. The van der Waals surface area contributed by atoms with Crippen molar-refractivity contribution < 1.29 is 14.4 Å². The summed E-state index contributed by atoms with van der Waals surface area (Å²) >= 11 is 0. The highest BCUT2D eigenvalue weighted by molar-refractivity contribution is 5.96. The van der Waals surface area contributed by atoms with Gasteiger partial charge in [-0.15, -0.1) is 0 Å². The first-order valence-electron chi connectivity index (χ1n) is 16.1. The van der Waals surface area contributed by atoms with E-state index in [2.05, 4.69) is 65.2 Å². The first kappa shape index (κ1) is 29.9. The van der Waals surface area contributed by atoms with E-state index in [1.165, 1.54) is 5.57 Å². The lowest BCUT2D eigenvalue weighted by Crippen LogP contribution is -2.66. The van der Waals surface area contributed by atoms with Crippen LogP contribution in [-0.4, -0.2) is 43.7 Å². The van der Waals surface area contributed by atoms with Crippen molar-refractivity contribution in [1.82, 2.24) is 10.6 Å². The normalized spacial score (nSPS) is 45.9. The van der Waals surface area contributed by atoms with Crippen molar-refractivity contribution in [1.29, 1.82) is 0 Å². The highest BCUT2D eigenvalue weighted by Crippen LogP contribution is 2.74. The Morgan fingerprint density at radius 2 is 1.62 bits per heavy atom. The molecule has 4 fully saturated rings. The third-order valence-corrected chi connectivity index (χ3v) is 13.8. The number of hydrogen-bond acceptors (Lipinski definition) is 5. The largest absolute Gasteiger partial charge is 0.354 e. The molecule has 6 nitrogen and oxygen atoms in total. The van der Waals surface area contributed by atoms with Crippen LogP contribution in [0.25, 0.3) is 0 Å². The molecule has 0 aromatic carbocycles. The van der Waals surface area contributed by atoms with E-state index in [1.807, 2.05) is 0 Å². The molecular weight excluding hydrogens is 498 g/mol. The van der Waals surface area contributed by atoms with Crippen LogP contribution in [0.1, 0.15) is 106 Å². The lowest BCUT2D eigenvalue weighted by atomic mass is 9.33. The van der Waals surface area contributed by atoms with Crippen LogP contribution >= 0.6 is 0 Å². The maximum absolute atomic E-state index is 14.4. The molecule has 4 N–H and O–H groups in total. The summed E-state index contributed by atoms with van der Waals surface area (Å²) in [5.41, 5.74) is 5.85. The molecular formula is C34H55N3O3. The molecule has 224 valence electrons. The van der Waals surface area contributed by atoms with E-state index in [-0.39, 0.29) is 50.7 Å². The first-order chi connectivity index (χ1) is 18.6.